The SMILES string of the molecule is C=CCCC(=O)N1C(C)(c2cc([N+](=O)[O-])ccn2)C=NC1(C)c1c(Cl)cccc1Cl. The molecule has 0 saturated carbocycles. The van der Waals surface area contributed by atoms with Gasteiger partial charge >= 0.3 is 0 Å². The van der Waals surface area contributed by atoms with Crippen molar-refractivity contribution in [3.05, 3.63) is 80.6 Å². The normalized spacial score (nSPS) is 22.9. The minimum absolute atomic E-state index is 0.127. The number of hydrogen-bond donors (Lipinski definition) is 0. The highest BCUT2D eigenvalue weighted by Crippen LogP contribution is 2.48. The van der Waals surface area contributed by atoms with Crippen LogP contribution in [0.1, 0.15) is 37.9 Å². The molecule has 0 radical (unpaired) electrons. The van der Waals surface area contributed by atoms with Crippen LogP contribution in [-0.2, 0) is 16.0 Å². The van der Waals surface area contributed by atoms with Crippen molar-refractivity contribution in [2.75, 3.05) is 0 Å². The van der Waals surface area contributed by atoms with Gasteiger partial charge in [-0.1, -0.05) is 35.3 Å². The van der Waals surface area contributed by atoms with Crippen molar-refractivity contribution in [1.29, 1.82) is 0 Å². The summed E-state index contributed by atoms with van der Waals surface area (Å²) in [6.07, 6.45) is 5.20. The number of rotatable bonds is 6. The van der Waals surface area contributed by atoms with Crippen LogP contribution in [0.3, 0.4) is 0 Å². The first-order valence-corrected chi connectivity index (χ1v) is 9.96. The van der Waals surface area contributed by atoms with Gasteiger partial charge in [-0.05, 0) is 32.4 Å². The van der Waals surface area contributed by atoms with E-state index < -0.39 is 16.1 Å². The summed E-state index contributed by atoms with van der Waals surface area (Å²) in [5.74, 6) is -0.235. The van der Waals surface area contributed by atoms with Gasteiger partial charge in [0.15, 0.2) is 5.66 Å². The predicted octanol–water partition coefficient (Wildman–Crippen LogP) is 5.26. The minimum Gasteiger partial charge on any atom is -0.298 e. The van der Waals surface area contributed by atoms with Gasteiger partial charge in [-0.3, -0.25) is 29.8 Å². The fourth-order valence-electron chi connectivity index (χ4n) is 3.78. The Balaban J connectivity index is 2.21. The molecule has 1 amide bonds. The largest absolute Gasteiger partial charge is 0.298 e. The Morgan fingerprint density at radius 2 is 1.97 bits per heavy atom. The van der Waals surface area contributed by atoms with Crippen LogP contribution in [0, 0.1) is 10.1 Å². The van der Waals surface area contributed by atoms with Gasteiger partial charge in [0.25, 0.3) is 5.69 Å². The van der Waals surface area contributed by atoms with Crippen LogP contribution >= 0.6 is 23.2 Å². The molecule has 2 aromatic rings. The topological polar surface area (TPSA) is 88.7 Å². The van der Waals surface area contributed by atoms with Crippen LogP contribution in [-0.4, -0.2) is 26.9 Å². The first-order chi connectivity index (χ1) is 14.1. The zero-order valence-electron chi connectivity index (χ0n) is 16.5. The van der Waals surface area contributed by atoms with Gasteiger partial charge in [0, 0.05) is 46.6 Å². The Morgan fingerprint density at radius 3 is 2.57 bits per heavy atom. The standard InChI is InChI=1S/C21H20Cl2N4O3/c1-4-5-9-18(28)26-20(2,17-12-14(27(29)30)10-11-24-17)13-25-21(26,3)19-15(22)7-6-8-16(19)23/h4,6-8,10-13H,1,5,9H2,2-3H3. The summed E-state index contributed by atoms with van der Waals surface area (Å²) >= 11 is 12.9. The molecule has 0 spiro atoms. The molecule has 1 aromatic heterocycles. The Hall–Kier alpha value is -2.77. The molecule has 2 unspecified atom stereocenters. The molecule has 0 saturated heterocycles. The molecule has 1 aliphatic heterocycles. The third-order valence-electron chi connectivity index (χ3n) is 5.19. The van der Waals surface area contributed by atoms with Crippen LogP contribution in [0.25, 0.3) is 0 Å². The van der Waals surface area contributed by atoms with E-state index in [-0.39, 0.29) is 18.0 Å². The van der Waals surface area contributed by atoms with Crippen molar-refractivity contribution in [3.63, 3.8) is 0 Å². The second-order valence-corrected chi connectivity index (χ2v) is 8.05. The fraction of sp³-hybridized carbons (Fsp3) is 0.286. The number of allylic oxidation sites excluding steroid dienone is 1. The molecular weight excluding hydrogens is 427 g/mol. The lowest BCUT2D eigenvalue weighted by molar-refractivity contribution is -0.385. The number of aliphatic imine (C=N–C) groups is 1. The number of amides is 1. The molecule has 156 valence electrons. The molecule has 0 bridgehead atoms. The van der Waals surface area contributed by atoms with Crippen LogP contribution in [0.4, 0.5) is 5.69 Å². The van der Waals surface area contributed by atoms with E-state index in [1.54, 1.807) is 49.2 Å². The number of pyridine rings is 1. The lowest BCUT2D eigenvalue weighted by Gasteiger charge is -2.43. The van der Waals surface area contributed by atoms with Crippen molar-refractivity contribution < 1.29 is 9.72 Å². The smallest absolute Gasteiger partial charge is 0.272 e. The Kier molecular flexibility index (Phi) is 5.97. The van der Waals surface area contributed by atoms with E-state index in [0.717, 1.165) is 0 Å². The maximum atomic E-state index is 13.4. The van der Waals surface area contributed by atoms with Gasteiger partial charge in [-0.2, -0.15) is 0 Å². The molecular formula is C21H20Cl2N4O3. The predicted molar refractivity (Wildman–Crippen MR) is 117 cm³/mol. The number of aromatic nitrogens is 1. The summed E-state index contributed by atoms with van der Waals surface area (Å²) in [5, 5.41) is 12.0. The van der Waals surface area contributed by atoms with Gasteiger partial charge in [0.1, 0.15) is 5.54 Å². The van der Waals surface area contributed by atoms with E-state index in [0.29, 0.717) is 27.7 Å². The summed E-state index contributed by atoms with van der Waals surface area (Å²) < 4.78 is 0. The number of carbonyl (C=O) groups is 1. The summed E-state index contributed by atoms with van der Waals surface area (Å²) in [7, 11) is 0. The minimum atomic E-state index is -1.23. The van der Waals surface area contributed by atoms with Crippen molar-refractivity contribution in [2.45, 2.75) is 37.9 Å². The van der Waals surface area contributed by atoms with Crippen LogP contribution in [0.2, 0.25) is 10.0 Å². The molecule has 0 fully saturated rings. The number of nitrogens with zero attached hydrogens (tertiary/aromatic N) is 4. The molecule has 7 nitrogen and oxygen atoms in total. The molecule has 3 rings (SSSR count). The van der Waals surface area contributed by atoms with Crippen LogP contribution in [0.5, 0.6) is 0 Å². The van der Waals surface area contributed by atoms with E-state index in [4.69, 9.17) is 23.2 Å². The third kappa shape index (κ3) is 3.59. The van der Waals surface area contributed by atoms with E-state index in [1.807, 2.05) is 0 Å². The average Bonchev–Trinajstić information content (AvgIpc) is 2.98. The summed E-state index contributed by atoms with van der Waals surface area (Å²) in [5.41, 5.74) is -1.71. The van der Waals surface area contributed by atoms with Gasteiger partial charge in [-0.15, -0.1) is 6.58 Å². The first-order valence-electron chi connectivity index (χ1n) is 9.21. The quantitative estimate of drug-likeness (QED) is 0.343. The van der Waals surface area contributed by atoms with Crippen molar-refractivity contribution >= 4 is 41.0 Å². The lowest BCUT2D eigenvalue weighted by Crippen LogP contribution is -2.53. The second-order valence-electron chi connectivity index (χ2n) is 7.24. The zero-order valence-corrected chi connectivity index (χ0v) is 18.0. The average molecular weight is 447 g/mol. The second kappa shape index (κ2) is 8.16. The molecule has 2 heterocycles. The summed E-state index contributed by atoms with van der Waals surface area (Å²) in [6, 6.07) is 7.71. The maximum absolute atomic E-state index is 13.4. The van der Waals surface area contributed by atoms with Crippen molar-refractivity contribution in [1.82, 2.24) is 9.88 Å². The first kappa shape index (κ1) is 21.9. The van der Waals surface area contributed by atoms with Crippen molar-refractivity contribution in [2.24, 2.45) is 4.99 Å². The molecule has 1 aromatic carbocycles. The molecule has 9 heteroatoms. The highest BCUT2D eigenvalue weighted by Gasteiger charge is 2.53. The highest BCUT2D eigenvalue weighted by atomic mass is 35.5. The fourth-order valence-corrected chi connectivity index (χ4v) is 4.53. The number of nitro groups is 1. The Labute approximate surface area is 184 Å². The van der Waals surface area contributed by atoms with Gasteiger partial charge in [0.2, 0.25) is 5.91 Å². The summed E-state index contributed by atoms with van der Waals surface area (Å²) in [6.45, 7) is 7.16. The Morgan fingerprint density at radius 1 is 1.30 bits per heavy atom. The van der Waals surface area contributed by atoms with Gasteiger partial charge in [0.05, 0.1) is 10.6 Å². The van der Waals surface area contributed by atoms with E-state index in [9.17, 15) is 14.9 Å². The van der Waals surface area contributed by atoms with Crippen LogP contribution < -0.4 is 0 Å². The van der Waals surface area contributed by atoms with E-state index >= 15 is 0 Å². The highest BCUT2D eigenvalue weighted by molar-refractivity contribution is 6.36. The molecule has 0 N–H and O–H groups in total. The molecule has 0 aliphatic carbocycles. The van der Waals surface area contributed by atoms with E-state index in [2.05, 4.69) is 16.6 Å². The number of benzene rings is 1. The number of hydrogen-bond acceptors (Lipinski definition) is 5. The van der Waals surface area contributed by atoms with Gasteiger partial charge in [-0.25, -0.2) is 0 Å². The van der Waals surface area contributed by atoms with Crippen LogP contribution in [0.15, 0.2) is 54.2 Å². The van der Waals surface area contributed by atoms with E-state index in [1.165, 1.54) is 18.3 Å². The molecule has 1 aliphatic rings. The zero-order chi connectivity index (χ0) is 22.1. The third-order valence-corrected chi connectivity index (χ3v) is 5.82. The maximum Gasteiger partial charge on any atom is 0.272 e. The summed E-state index contributed by atoms with van der Waals surface area (Å²) in [4.78, 5) is 34.7. The Bertz CT molecular complexity index is 1040. The molecule has 30 heavy (non-hydrogen) atoms. The van der Waals surface area contributed by atoms with Crippen molar-refractivity contribution in [3.8, 4) is 0 Å². The van der Waals surface area contributed by atoms with Gasteiger partial charge < -0.3 is 0 Å². The number of halogens is 2. The number of carbonyl (C=O) groups excluding carboxylic acids is 1. The lowest BCUT2D eigenvalue weighted by atomic mass is 9.91. The molecule has 2 atom stereocenters. The monoisotopic (exact) mass is 446 g/mol.